The zero-order chi connectivity index (χ0) is 16.0. The van der Waals surface area contributed by atoms with Crippen molar-refractivity contribution >= 4 is 11.9 Å². The molecule has 0 radical (unpaired) electrons. The smallest absolute Gasteiger partial charge is 0.334 e. The summed E-state index contributed by atoms with van der Waals surface area (Å²) >= 11 is 0. The monoisotopic (exact) mass is 294 g/mol. The van der Waals surface area contributed by atoms with Crippen LogP contribution in [-0.2, 0) is 19.1 Å². The number of unbranched alkanes of at least 4 members (excludes halogenated alkanes) is 1. The van der Waals surface area contributed by atoms with Crippen molar-refractivity contribution in [2.24, 2.45) is 5.41 Å². The number of carbonyl (C=O) groups excluding carboxylic acids is 2. The zero-order valence-electron chi connectivity index (χ0n) is 13.7. The summed E-state index contributed by atoms with van der Waals surface area (Å²) in [5.74, 6) is -0.649. The predicted molar refractivity (Wildman–Crippen MR) is 81.7 cm³/mol. The molecule has 0 saturated heterocycles. The van der Waals surface area contributed by atoms with Gasteiger partial charge in [0.25, 0.3) is 0 Å². The summed E-state index contributed by atoms with van der Waals surface area (Å²) in [6.45, 7) is 8.42. The summed E-state index contributed by atoms with van der Waals surface area (Å²) < 4.78 is 10.0. The van der Waals surface area contributed by atoms with E-state index in [9.17, 15) is 9.59 Å². The fraction of sp³-hybridized carbons (Fsp3) is 0.647. The minimum Gasteiger partial charge on any atom is -0.466 e. The van der Waals surface area contributed by atoms with E-state index in [-0.39, 0.29) is 17.4 Å². The van der Waals surface area contributed by atoms with E-state index in [1.54, 1.807) is 0 Å². The molecule has 1 rings (SSSR count). The van der Waals surface area contributed by atoms with Crippen LogP contribution in [-0.4, -0.2) is 25.7 Å². The Hall–Kier alpha value is -1.58. The molecule has 0 unspecified atom stereocenters. The highest BCUT2D eigenvalue weighted by molar-refractivity contribution is 5.93. The lowest BCUT2D eigenvalue weighted by atomic mass is 9.71. The van der Waals surface area contributed by atoms with Crippen molar-refractivity contribution in [1.29, 1.82) is 0 Å². The molecule has 0 heterocycles. The van der Waals surface area contributed by atoms with Crippen LogP contribution in [0.1, 0.15) is 53.4 Å². The van der Waals surface area contributed by atoms with Crippen molar-refractivity contribution in [3.05, 3.63) is 22.8 Å². The summed E-state index contributed by atoms with van der Waals surface area (Å²) in [7, 11) is 1.38. The van der Waals surface area contributed by atoms with Gasteiger partial charge in [-0.15, -0.1) is 0 Å². The molecule has 4 nitrogen and oxygen atoms in total. The lowest BCUT2D eigenvalue weighted by Crippen LogP contribution is -2.28. The first-order chi connectivity index (χ1) is 9.83. The molecule has 0 bridgehead atoms. The molecule has 0 N–H and O–H groups in total. The molecule has 0 fully saturated rings. The first-order valence-electron chi connectivity index (χ1n) is 7.50. The summed E-state index contributed by atoms with van der Waals surface area (Å²) in [5, 5.41) is 0. The maximum Gasteiger partial charge on any atom is 0.334 e. The van der Waals surface area contributed by atoms with Crippen LogP contribution in [0.3, 0.4) is 0 Å². The van der Waals surface area contributed by atoms with Crippen LogP contribution in [0, 0.1) is 5.41 Å². The Morgan fingerprint density at radius 3 is 2.57 bits per heavy atom. The molecule has 0 atom stereocenters. The number of hydrogen-bond donors (Lipinski definition) is 0. The van der Waals surface area contributed by atoms with Crippen molar-refractivity contribution in [1.82, 2.24) is 0 Å². The van der Waals surface area contributed by atoms with Crippen LogP contribution < -0.4 is 0 Å². The van der Waals surface area contributed by atoms with Crippen molar-refractivity contribution in [2.45, 2.75) is 53.4 Å². The summed E-state index contributed by atoms with van der Waals surface area (Å²) in [4.78, 5) is 23.8. The van der Waals surface area contributed by atoms with Gasteiger partial charge in [0, 0.05) is 11.6 Å². The van der Waals surface area contributed by atoms with E-state index in [2.05, 4.69) is 0 Å². The van der Waals surface area contributed by atoms with Gasteiger partial charge in [-0.25, -0.2) is 9.59 Å². The van der Waals surface area contributed by atoms with Gasteiger partial charge < -0.3 is 9.47 Å². The van der Waals surface area contributed by atoms with Crippen LogP contribution >= 0.6 is 0 Å². The third-order valence-electron chi connectivity index (χ3n) is 3.98. The van der Waals surface area contributed by atoms with Crippen molar-refractivity contribution in [3.63, 3.8) is 0 Å². The molecule has 0 amide bonds. The minimum absolute atomic E-state index is 0.235. The average Bonchev–Trinajstić information content (AvgIpc) is 2.42. The predicted octanol–water partition coefficient (Wildman–Crippen LogP) is 3.57. The Morgan fingerprint density at radius 1 is 1.33 bits per heavy atom. The van der Waals surface area contributed by atoms with Gasteiger partial charge in [-0.05, 0) is 42.7 Å². The number of esters is 2. The Labute approximate surface area is 127 Å². The number of rotatable bonds is 5. The maximum atomic E-state index is 12.0. The minimum atomic E-state index is -0.332. The molecule has 0 aromatic carbocycles. The van der Waals surface area contributed by atoms with Gasteiger partial charge in [0.1, 0.15) is 0 Å². The lowest BCUT2D eigenvalue weighted by Gasteiger charge is -2.33. The molecule has 21 heavy (non-hydrogen) atoms. The van der Waals surface area contributed by atoms with E-state index in [0.717, 1.165) is 36.8 Å². The number of carbonyl (C=O) groups is 2. The van der Waals surface area contributed by atoms with Crippen molar-refractivity contribution in [2.75, 3.05) is 13.7 Å². The van der Waals surface area contributed by atoms with E-state index < -0.39 is 0 Å². The zero-order valence-corrected chi connectivity index (χ0v) is 13.7. The van der Waals surface area contributed by atoms with Crippen LogP contribution in [0.15, 0.2) is 22.8 Å². The Balaban J connectivity index is 2.99. The summed E-state index contributed by atoms with van der Waals surface area (Å²) in [6.07, 6.45) is 4.95. The Kier molecular flexibility index (Phi) is 6.19. The SMILES string of the molecule is CCCCOC(=O)/C=C1\CCC(C)(C)C(C(=O)OC)=C1C. The highest BCUT2D eigenvalue weighted by atomic mass is 16.5. The molecule has 1 aliphatic carbocycles. The second kappa shape index (κ2) is 7.43. The van der Waals surface area contributed by atoms with Crippen LogP contribution in [0.4, 0.5) is 0 Å². The standard InChI is InChI=1S/C17H26O4/c1-6-7-10-21-14(18)11-13-8-9-17(3,4)15(12(13)2)16(19)20-5/h11H,6-10H2,1-5H3/b13-11+. The molecule has 0 aromatic rings. The van der Waals surface area contributed by atoms with Crippen LogP contribution in [0.25, 0.3) is 0 Å². The van der Waals surface area contributed by atoms with E-state index in [1.165, 1.54) is 13.2 Å². The third kappa shape index (κ3) is 4.45. The third-order valence-corrected chi connectivity index (χ3v) is 3.98. The van der Waals surface area contributed by atoms with Crippen LogP contribution in [0.2, 0.25) is 0 Å². The first kappa shape index (κ1) is 17.5. The Bertz CT molecular complexity index is 469. The van der Waals surface area contributed by atoms with E-state index in [1.807, 2.05) is 27.7 Å². The second-order valence-corrected chi connectivity index (χ2v) is 6.07. The van der Waals surface area contributed by atoms with Gasteiger partial charge in [0.05, 0.1) is 13.7 Å². The highest BCUT2D eigenvalue weighted by Gasteiger charge is 2.35. The topological polar surface area (TPSA) is 52.6 Å². The van der Waals surface area contributed by atoms with E-state index >= 15 is 0 Å². The molecule has 0 saturated carbocycles. The first-order valence-corrected chi connectivity index (χ1v) is 7.50. The molecular weight excluding hydrogens is 268 g/mol. The molecule has 0 spiro atoms. The number of ether oxygens (including phenoxy) is 2. The maximum absolute atomic E-state index is 12.0. The number of allylic oxidation sites excluding steroid dienone is 2. The lowest BCUT2D eigenvalue weighted by molar-refractivity contribution is -0.138. The Morgan fingerprint density at radius 2 is 2.00 bits per heavy atom. The number of methoxy groups -OCH3 is 1. The van der Waals surface area contributed by atoms with Gasteiger partial charge in [-0.2, -0.15) is 0 Å². The molecular formula is C17H26O4. The van der Waals surface area contributed by atoms with Crippen LogP contribution in [0.5, 0.6) is 0 Å². The van der Waals surface area contributed by atoms with Gasteiger partial charge >= 0.3 is 11.9 Å². The highest BCUT2D eigenvalue weighted by Crippen LogP contribution is 2.42. The largest absolute Gasteiger partial charge is 0.466 e. The van der Waals surface area contributed by atoms with E-state index in [0.29, 0.717) is 12.2 Å². The average molecular weight is 294 g/mol. The quantitative estimate of drug-likeness (QED) is 0.442. The normalized spacial score (nSPS) is 19.6. The molecule has 0 aliphatic heterocycles. The molecule has 4 heteroatoms. The van der Waals surface area contributed by atoms with Gasteiger partial charge in [0.2, 0.25) is 0 Å². The van der Waals surface area contributed by atoms with E-state index in [4.69, 9.17) is 9.47 Å². The second-order valence-electron chi connectivity index (χ2n) is 6.07. The van der Waals surface area contributed by atoms with Gasteiger partial charge in [0.15, 0.2) is 0 Å². The fourth-order valence-corrected chi connectivity index (χ4v) is 2.64. The summed E-state index contributed by atoms with van der Waals surface area (Å²) in [6, 6.07) is 0. The van der Waals surface area contributed by atoms with Gasteiger partial charge in [-0.3, -0.25) is 0 Å². The van der Waals surface area contributed by atoms with Crippen molar-refractivity contribution < 1.29 is 19.1 Å². The fourth-order valence-electron chi connectivity index (χ4n) is 2.64. The molecule has 118 valence electrons. The number of hydrogen-bond acceptors (Lipinski definition) is 4. The van der Waals surface area contributed by atoms with Gasteiger partial charge in [-0.1, -0.05) is 27.2 Å². The molecule has 0 aromatic heterocycles. The molecule has 1 aliphatic rings. The van der Waals surface area contributed by atoms with Crippen molar-refractivity contribution in [3.8, 4) is 0 Å². The summed E-state index contributed by atoms with van der Waals surface area (Å²) in [5.41, 5.74) is 2.13.